The smallest absolute Gasteiger partial charge is 0.212 e. The summed E-state index contributed by atoms with van der Waals surface area (Å²) >= 11 is 0. The summed E-state index contributed by atoms with van der Waals surface area (Å²) in [5.41, 5.74) is 0.742. The van der Waals surface area contributed by atoms with E-state index in [-0.39, 0.29) is 13.2 Å². The molecule has 1 N–H and O–H groups in total. The average molecular weight is 220 g/mol. The fraction of sp³-hybridized carbons (Fsp3) is 0.300. The third-order valence-corrected chi connectivity index (χ3v) is 2.05. The first-order chi connectivity index (χ1) is 7.79. The van der Waals surface area contributed by atoms with Gasteiger partial charge in [0.2, 0.25) is 5.82 Å². The van der Waals surface area contributed by atoms with E-state index in [1.165, 1.54) is 4.80 Å². The maximum Gasteiger partial charge on any atom is 0.212 e. The predicted octanol–water partition coefficient (Wildman–Crippen LogP) is 0.281. The fourth-order valence-corrected chi connectivity index (χ4v) is 1.30. The molecule has 1 aromatic carbocycles. The van der Waals surface area contributed by atoms with E-state index >= 15 is 0 Å². The molecule has 0 fully saturated rings. The van der Waals surface area contributed by atoms with Gasteiger partial charge in [-0.25, -0.2) is 0 Å². The van der Waals surface area contributed by atoms with E-state index in [1.807, 2.05) is 12.1 Å². The number of rotatable bonds is 4. The van der Waals surface area contributed by atoms with E-state index in [4.69, 9.17) is 9.84 Å². The van der Waals surface area contributed by atoms with Crippen LogP contribution < -0.4 is 4.74 Å². The summed E-state index contributed by atoms with van der Waals surface area (Å²) in [7, 11) is 1.69. The number of nitrogens with zero attached hydrogens (tertiary/aromatic N) is 4. The van der Waals surface area contributed by atoms with Crippen LogP contribution in [0.1, 0.15) is 11.4 Å². The van der Waals surface area contributed by atoms with Gasteiger partial charge >= 0.3 is 0 Å². The van der Waals surface area contributed by atoms with Crippen molar-refractivity contribution in [2.75, 3.05) is 0 Å². The SMILES string of the molecule is Cn1nnc(COc2ccccc2CO)n1. The van der Waals surface area contributed by atoms with Crippen LogP contribution in [0.2, 0.25) is 0 Å². The van der Waals surface area contributed by atoms with Gasteiger partial charge < -0.3 is 9.84 Å². The molecule has 0 saturated heterocycles. The molecule has 1 aromatic heterocycles. The molecule has 0 bridgehead atoms. The van der Waals surface area contributed by atoms with Gasteiger partial charge in [0.15, 0.2) is 6.61 Å². The average Bonchev–Trinajstić information content (AvgIpc) is 2.73. The molecule has 0 aliphatic carbocycles. The number of hydrogen-bond donors (Lipinski definition) is 1. The highest BCUT2D eigenvalue weighted by atomic mass is 16.5. The summed E-state index contributed by atoms with van der Waals surface area (Å²) in [6.07, 6.45) is 0. The van der Waals surface area contributed by atoms with Crippen molar-refractivity contribution in [3.05, 3.63) is 35.7 Å². The molecule has 16 heavy (non-hydrogen) atoms. The molecule has 0 spiro atoms. The Balaban J connectivity index is 2.04. The van der Waals surface area contributed by atoms with Crippen molar-refractivity contribution in [1.82, 2.24) is 20.2 Å². The summed E-state index contributed by atoms with van der Waals surface area (Å²) in [4.78, 5) is 1.37. The lowest BCUT2D eigenvalue weighted by molar-refractivity contribution is 0.255. The number of aryl methyl sites for hydroxylation is 1. The molecule has 6 heteroatoms. The zero-order chi connectivity index (χ0) is 11.4. The van der Waals surface area contributed by atoms with Crippen LogP contribution in [-0.4, -0.2) is 25.3 Å². The monoisotopic (exact) mass is 220 g/mol. The molecule has 0 unspecified atom stereocenters. The predicted molar refractivity (Wildman–Crippen MR) is 55.5 cm³/mol. The van der Waals surface area contributed by atoms with E-state index in [0.29, 0.717) is 11.6 Å². The Hall–Kier alpha value is -1.95. The van der Waals surface area contributed by atoms with Crippen LogP contribution in [0.3, 0.4) is 0 Å². The molecule has 0 saturated carbocycles. The summed E-state index contributed by atoms with van der Waals surface area (Å²) in [5.74, 6) is 1.15. The Morgan fingerprint density at radius 3 is 2.88 bits per heavy atom. The highest BCUT2D eigenvalue weighted by molar-refractivity contribution is 5.32. The van der Waals surface area contributed by atoms with E-state index in [1.54, 1.807) is 19.2 Å². The van der Waals surface area contributed by atoms with Gasteiger partial charge in [-0.3, -0.25) is 0 Å². The van der Waals surface area contributed by atoms with Gasteiger partial charge in [0, 0.05) is 5.56 Å². The van der Waals surface area contributed by atoms with Crippen LogP contribution >= 0.6 is 0 Å². The quantitative estimate of drug-likeness (QED) is 0.801. The molecule has 0 atom stereocenters. The second-order valence-electron chi connectivity index (χ2n) is 3.25. The minimum Gasteiger partial charge on any atom is -0.485 e. The second-order valence-corrected chi connectivity index (χ2v) is 3.25. The van der Waals surface area contributed by atoms with Crippen molar-refractivity contribution in [2.45, 2.75) is 13.2 Å². The molecule has 0 aliphatic heterocycles. The van der Waals surface area contributed by atoms with Crippen LogP contribution in [0.15, 0.2) is 24.3 Å². The minimum absolute atomic E-state index is 0.0515. The Bertz CT molecular complexity index is 469. The van der Waals surface area contributed by atoms with Crippen LogP contribution in [0, 0.1) is 0 Å². The zero-order valence-corrected chi connectivity index (χ0v) is 8.87. The first-order valence-electron chi connectivity index (χ1n) is 4.84. The molecule has 84 valence electrons. The number of tetrazole rings is 1. The number of hydrogen-bond acceptors (Lipinski definition) is 5. The summed E-state index contributed by atoms with van der Waals surface area (Å²) in [5, 5.41) is 20.6. The van der Waals surface area contributed by atoms with Crippen molar-refractivity contribution in [1.29, 1.82) is 0 Å². The fourth-order valence-electron chi connectivity index (χ4n) is 1.30. The number of aliphatic hydroxyl groups is 1. The number of benzene rings is 1. The first-order valence-corrected chi connectivity index (χ1v) is 4.84. The van der Waals surface area contributed by atoms with E-state index in [2.05, 4.69) is 15.4 Å². The van der Waals surface area contributed by atoms with Crippen LogP contribution in [-0.2, 0) is 20.3 Å². The van der Waals surface area contributed by atoms with Gasteiger partial charge in [0.1, 0.15) is 5.75 Å². The van der Waals surface area contributed by atoms with Crippen molar-refractivity contribution in [2.24, 2.45) is 7.05 Å². The third kappa shape index (κ3) is 2.34. The molecule has 2 aromatic rings. The number of ether oxygens (including phenoxy) is 1. The molecular formula is C10H12N4O2. The number of para-hydroxylation sites is 1. The maximum absolute atomic E-state index is 9.09. The normalized spacial score (nSPS) is 10.4. The molecule has 0 radical (unpaired) electrons. The van der Waals surface area contributed by atoms with Crippen molar-refractivity contribution in [3.63, 3.8) is 0 Å². The van der Waals surface area contributed by atoms with Crippen LogP contribution in [0.4, 0.5) is 0 Å². The van der Waals surface area contributed by atoms with Crippen LogP contribution in [0.25, 0.3) is 0 Å². The van der Waals surface area contributed by atoms with Gasteiger partial charge in [-0.05, 0) is 11.3 Å². The van der Waals surface area contributed by atoms with Crippen molar-refractivity contribution >= 4 is 0 Å². The van der Waals surface area contributed by atoms with Crippen molar-refractivity contribution in [3.8, 4) is 5.75 Å². The lowest BCUT2D eigenvalue weighted by Gasteiger charge is -2.07. The van der Waals surface area contributed by atoms with Crippen LogP contribution in [0.5, 0.6) is 5.75 Å². The molecule has 2 rings (SSSR count). The maximum atomic E-state index is 9.09. The number of aliphatic hydroxyl groups excluding tert-OH is 1. The third-order valence-electron chi connectivity index (χ3n) is 2.05. The lowest BCUT2D eigenvalue weighted by Crippen LogP contribution is -2.01. The van der Waals surface area contributed by atoms with E-state index < -0.39 is 0 Å². The topological polar surface area (TPSA) is 73.1 Å². The second kappa shape index (κ2) is 4.71. The van der Waals surface area contributed by atoms with Crippen molar-refractivity contribution < 1.29 is 9.84 Å². The summed E-state index contributed by atoms with van der Waals surface area (Å²) < 4.78 is 5.49. The van der Waals surface area contributed by atoms with Gasteiger partial charge in [0.05, 0.1) is 13.7 Å². The molecule has 0 amide bonds. The Morgan fingerprint density at radius 2 is 2.19 bits per heavy atom. The van der Waals surface area contributed by atoms with Gasteiger partial charge in [-0.2, -0.15) is 4.80 Å². The van der Waals surface area contributed by atoms with E-state index in [9.17, 15) is 0 Å². The molecule has 1 heterocycles. The molecule has 0 aliphatic rings. The van der Waals surface area contributed by atoms with Gasteiger partial charge in [-0.15, -0.1) is 10.2 Å². The highest BCUT2D eigenvalue weighted by Gasteiger charge is 2.04. The highest BCUT2D eigenvalue weighted by Crippen LogP contribution is 2.18. The molecule has 6 nitrogen and oxygen atoms in total. The summed E-state index contributed by atoms with van der Waals surface area (Å²) in [6, 6.07) is 7.29. The Kier molecular flexibility index (Phi) is 3.11. The first kappa shape index (κ1) is 10.6. The zero-order valence-electron chi connectivity index (χ0n) is 8.87. The van der Waals surface area contributed by atoms with Gasteiger partial charge in [0.25, 0.3) is 0 Å². The Morgan fingerprint density at radius 1 is 1.38 bits per heavy atom. The van der Waals surface area contributed by atoms with Gasteiger partial charge in [-0.1, -0.05) is 18.2 Å². The number of aromatic nitrogens is 4. The van der Waals surface area contributed by atoms with E-state index in [0.717, 1.165) is 5.56 Å². The lowest BCUT2D eigenvalue weighted by atomic mass is 10.2. The summed E-state index contributed by atoms with van der Waals surface area (Å²) in [6.45, 7) is 0.189. The molecular weight excluding hydrogens is 208 g/mol. The Labute approximate surface area is 92.5 Å². The minimum atomic E-state index is -0.0515. The standard InChI is InChI=1S/C10H12N4O2/c1-14-12-10(11-13-14)7-16-9-5-3-2-4-8(9)6-15/h2-5,15H,6-7H2,1H3. The largest absolute Gasteiger partial charge is 0.485 e.